The molecule has 2 aliphatic rings. The molecule has 17 nitrogen and oxygen atoms in total. The molecule has 0 spiro atoms. The predicted octanol–water partition coefficient (Wildman–Crippen LogP) is -1.18. The molecule has 2 aliphatic heterocycles. The van der Waals surface area contributed by atoms with Gasteiger partial charge in [0.1, 0.15) is 42.5 Å². The summed E-state index contributed by atoms with van der Waals surface area (Å²) in [6.07, 6.45) is -4.88. The van der Waals surface area contributed by atoms with Gasteiger partial charge in [0.2, 0.25) is 0 Å². The Balaban J connectivity index is 1.30. The number of anilines is 1. The van der Waals surface area contributed by atoms with E-state index in [0.717, 1.165) is 0 Å². The minimum Gasteiger partial charge on any atom is -0.390 e. The molecule has 0 saturated carbocycles. The van der Waals surface area contributed by atoms with E-state index < -0.39 is 71.7 Å². The standard InChI is InChI=1S/C16H25N5O12P2/c1-7-13(23)14(24)10(31-7)4-30-35(27,28)33-34(25,26)29-3-9-8(22)2-11(32-9)21-6-20-12-15(17)18-5-19-16(12)21/h5-11,13-14,22-24H,2-4H2,1H3,(H,25,26)(H,27,28)(H2,17,18,19). The molecule has 2 aromatic heterocycles. The van der Waals surface area contributed by atoms with Crippen molar-refractivity contribution in [2.45, 2.75) is 56.2 Å². The number of rotatable bonds is 9. The van der Waals surface area contributed by atoms with Crippen molar-refractivity contribution in [3.05, 3.63) is 12.7 Å². The third-order valence-electron chi connectivity index (χ3n) is 5.51. The maximum absolute atomic E-state index is 12.2. The minimum absolute atomic E-state index is 0.0512. The minimum atomic E-state index is -5.16. The average Bonchev–Trinajstić information content (AvgIpc) is 3.43. The molecule has 2 saturated heterocycles. The fourth-order valence-electron chi connectivity index (χ4n) is 3.70. The van der Waals surface area contributed by atoms with Crippen LogP contribution in [-0.2, 0) is 32.0 Å². The van der Waals surface area contributed by atoms with E-state index in [1.807, 2.05) is 0 Å². The number of phosphoric ester groups is 2. The van der Waals surface area contributed by atoms with Crippen LogP contribution in [0.25, 0.3) is 11.2 Å². The monoisotopic (exact) mass is 541 g/mol. The number of aliphatic hydroxyl groups is 3. The zero-order valence-corrected chi connectivity index (χ0v) is 20.0. The quantitative estimate of drug-likeness (QED) is 0.204. The Hall–Kier alpha value is -1.59. The second-order valence-electron chi connectivity index (χ2n) is 7.99. The molecule has 0 aromatic carbocycles. The summed E-state index contributed by atoms with van der Waals surface area (Å²) in [4.78, 5) is 31.6. The SMILES string of the molecule is CC1OC(COP(=O)(O)OP(=O)(O)OCC2OC(n3cnc4c(N)ncnc43)CC2O)C(O)C1O. The summed E-state index contributed by atoms with van der Waals surface area (Å²) in [6.45, 7) is 0.0833. The lowest BCUT2D eigenvalue weighted by Crippen LogP contribution is -2.33. The Kier molecular flexibility index (Phi) is 7.60. The summed E-state index contributed by atoms with van der Waals surface area (Å²) in [6, 6.07) is 0. The van der Waals surface area contributed by atoms with E-state index in [4.69, 9.17) is 19.7 Å². The van der Waals surface area contributed by atoms with Gasteiger partial charge < -0.3 is 40.3 Å². The Bertz CT molecular complexity index is 1150. The highest BCUT2D eigenvalue weighted by Crippen LogP contribution is 2.60. The molecule has 7 N–H and O–H groups in total. The maximum Gasteiger partial charge on any atom is 0.481 e. The molecule has 0 amide bonds. The van der Waals surface area contributed by atoms with E-state index in [1.165, 1.54) is 24.1 Å². The fraction of sp³-hybridized carbons (Fsp3) is 0.688. The molecule has 2 fully saturated rings. The van der Waals surface area contributed by atoms with Crippen molar-refractivity contribution in [1.29, 1.82) is 0 Å². The van der Waals surface area contributed by atoms with Crippen molar-refractivity contribution in [1.82, 2.24) is 19.5 Å². The first-order valence-corrected chi connectivity index (χ1v) is 13.3. The average molecular weight is 541 g/mol. The number of ether oxygens (including phenoxy) is 2. The van der Waals surface area contributed by atoms with Crippen molar-refractivity contribution in [2.75, 3.05) is 18.9 Å². The van der Waals surface area contributed by atoms with Crippen LogP contribution >= 0.6 is 15.6 Å². The zero-order valence-electron chi connectivity index (χ0n) is 18.2. The van der Waals surface area contributed by atoms with E-state index in [9.17, 15) is 34.2 Å². The highest BCUT2D eigenvalue weighted by molar-refractivity contribution is 7.61. The lowest BCUT2D eigenvalue weighted by Gasteiger charge is -2.20. The van der Waals surface area contributed by atoms with Crippen LogP contribution in [0.3, 0.4) is 0 Å². The van der Waals surface area contributed by atoms with Crippen LogP contribution in [0.4, 0.5) is 5.82 Å². The van der Waals surface area contributed by atoms with Gasteiger partial charge in [-0.15, -0.1) is 0 Å². The highest BCUT2D eigenvalue weighted by atomic mass is 31.3. The van der Waals surface area contributed by atoms with Gasteiger partial charge in [-0.05, 0) is 6.92 Å². The van der Waals surface area contributed by atoms with Gasteiger partial charge in [-0.3, -0.25) is 13.6 Å². The lowest BCUT2D eigenvalue weighted by molar-refractivity contribution is -0.0430. The molecule has 2 aromatic rings. The molecule has 19 heteroatoms. The van der Waals surface area contributed by atoms with Crippen LogP contribution in [0.2, 0.25) is 0 Å². The zero-order chi connectivity index (χ0) is 25.5. The molecule has 9 unspecified atom stereocenters. The van der Waals surface area contributed by atoms with Gasteiger partial charge in [-0.25, -0.2) is 24.1 Å². The van der Waals surface area contributed by atoms with Crippen molar-refractivity contribution in [3.63, 3.8) is 0 Å². The van der Waals surface area contributed by atoms with Gasteiger partial charge >= 0.3 is 15.6 Å². The van der Waals surface area contributed by atoms with Crippen LogP contribution in [-0.4, -0.2) is 94.5 Å². The van der Waals surface area contributed by atoms with Crippen LogP contribution in [0.5, 0.6) is 0 Å². The fourth-order valence-corrected chi connectivity index (χ4v) is 5.79. The number of nitrogens with zero attached hydrogens (tertiary/aromatic N) is 4. The topological polar surface area (TPSA) is 251 Å². The van der Waals surface area contributed by atoms with Gasteiger partial charge in [-0.2, -0.15) is 4.31 Å². The van der Waals surface area contributed by atoms with Gasteiger partial charge in [0.25, 0.3) is 0 Å². The molecule has 4 rings (SSSR count). The second-order valence-corrected chi connectivity index (χ2v) is 11.0. The van der Waals surface area contributed by atoms with E-state index in [0.29, 0.717) is 11.2 Å². The number of fused-ring (bicyclic) bond motifs is 1. The van der Waals surface area contributed by atoms with Crippen molar-refractivity contribution in [3.8, 4) is 0 Å². The van der Waals surface area contributed by atoms with Crippen LogP contribution < -0.4 is 5.73 Å². The van der Waals surface area contributed by atoms with Gasteiger partial charge in [0, 0.05) is 6.42 Å². The molecule has 4 heterocycles. The van der Waals surface area contributed by atoms with Crippen LogP contribution in [0.15, 0.2) is 12.7 Å². The Morgan fingerprint density at radius 1 is 1.06 bits per heavy atom. The molecule has 196 valence electrons. The first-order chi connectivity index (χ1) is 16.4. The van der Waals surface area contributed by atoms with Crippen molar-refractivity contribution in [2.24, 2.45) is 0 Å². The van der Waals surface area contributed by atoms with E-state index in [1.54, 1.807) is 0 Å². The number of aromatic nitrogens is 4. The van der Waals surface area contributed by atoms with E-state index in [-0.39, 0.29) is 12.2 Å². The highest BCUT2D eigenvalue weighted by Gasteiger charge is 2.44. The van der Waals surface area contributed by atoms with E-state index in [2.05, 4.69) is 23.8 Å². The number of nitrogens with two attached hydrogens (primary N) is 1. The smallest absolute Gasteiger partial charge is 0.390 e. The number of phosphoric acid groups is 2. The van der Waals surface area contributed by atoms with Crippen molar-refractivity contribution < 1.29 is 57.1 Å². The molecular weight excluding hydrogens is 516 g/mol. The van der Waals surface area contributed by atoms with Crippen LogP contribution in [0.1, 0.15) is 19.6 Å². The number of aliphatic hydroxyl groups excluding tert-OH is 3. The van der Waals surface area contributed by atoms with Crippen LogP contribution in [0, 0.1) is 0 Å². The maximum atomic E-state index is 12.2. The Morgan fingerprint density at radius 3 is 2.34 bits per heavy atom. The second kappa shape index (κ2) is 10.0. The summed E-state index contributed by atoms with van der Waals surface area (Å²) < 4.78 is 50.1. The molecule has 0 radical (unpaired) electrons. The molecule has 9 atom stereocenters. The Labute approximate surface area is 197 Å². The van der Waals surface area contributed by atoms with Gasteiger partial charge in [-0.1, -0.05) is 0 Å². The number of nitrogen functional groups attached to an aromatic ring is 1. The molecule has 0 aliphatic carbocycles. The van der Waals surface area contributed by atoms with Gasteiger partial charge in [0.15, 0.2) is 11.5 Å². The summed E-state index contributed by atoms with van der Waals surface area (Å²) in [5.74, 6) is 0.154. The summed E-state index contributed by atoms with van der Waals surface area (Å²) >= 11 is 0. The number of imidazole rings is 1. The molecule has 35 heavy (non-hydrogen) atoms. The summed E-state index contributed by atoms with van der Waals surface area (Å²) in [7, 11) is -10.3. The first kappa shape index (κ1) is 26.5. The summed E-state index contributed by atoms with van der Waals surface area (Å²) in [5.41, 5.74) is 6.43. The Morgan fingerprint density at radius 2 is 1.71 bits per heavy atom. The molecule has 0 bridgehead atoms. The normalized spacial score (nSPS) is 34.7. The van der Waals surface area contributed by atoms with Crippen molar-refractivity contribution >= 4 is 32.6 Å². The third kappa shape index (κ3) is 5.88. The number of hydrogen-bond acceptors (Lipinski definition) is 14. The molecular formula is C16H25N5O12P2. The van der Waals surface area contributed by atoms with E-state index >= 15 is 0 Å². The lowest BCUT2D eigenvalue weighted by atomic mass is 10.1. The number of hydrogen-bond donors (Lipinski definition) is 6. The predicted molar refractivity (Wildman–Crippen MR) is 113 cm³/mol. The third-order valence-corrected chi connectivity index (χ3v) is 8.11. The largest absolute Gasteiger partial charge is 0.481 e. The first-order valence-electron chi connectivity index (χ1n) is 10.3. The van der Waals surface area contributed by atoms with Gasteiger partial charge in [0.05, 0.1) is 31.7 Å². The summed E-state index contributed by atoms with van der Waals surface area (Å²) in [5, 5.41) is 29.7.